The van der Waals surface area contributed by atoms with Crippen molar-refractivity contribution < 1.29 is 22.7 Å². The van der Waals surface area contributed by atoms with Crippen molar-refractivity contribution in [1.29, 1.82) is 0 Å². The van der Waals surface area contributed by atoms with E-state index >= 15 is 0 Å². The third kappa shape index (κ3) is 3.53. The van der Waals surface area contributed by atoms with Gasteiger partial charge in [-0.2, -0.15) is 0 Å². The molecule has 1 atom stereocenters. The second-order valence-electron chi connectivity index (χ2n) is 7.08. The Kier molecular flexibility index (Phi) is 4.82. The minimum absolute atomic E-state index is 0.141. The van der Waals surface area contributed by atoms with E-state index in [9.17, 15) is 17.9 Å². The summed E-state index contributed by atoms with van der Waals surface area (Å²) in [4.78, 5) is 0.146. The van der Waals surface area contributed by atoms with Crippen LogP contribution < -0.4 is 9.04 Å². The van der Waals surface area contributed by atoms with Crippen LogP contribution in [0.3, 0.4) is 0 Å². The molecule has 144 valence electrons. The van der Waals surface area contributed by atoms with E-state index < -0.39 is 21.9 Å². The molecule has 2 aromatic rings. The van der Waals surface area contributed by atoms with Gasteiger partial charge in [-0.3, -0.25) is 4.31 Å². The Morgan fingerprint density at radius 2 is 1.74 bits per heavy atom. The zero-order valence-corrected chi connectivity index (χ0v) is 15.7. The number of rotatable bonds is 4. The first-order valence-corrected chi connectivity index (χ1v) is 10.7. The topological polar surface area (TPSA) is 66.8 Å². The monoisotopic (exact) mass is 391 g/mol. The number of nitrogens with zero attached hydrogens (tertiary/aromatic N) is 1. The van der Waals surface area contributed by atoms with E-state index in [1.54, 1.807) is 12.1 Å². The first-order valence-electron chi connectivity index (χ1n) is 9.22. The fourth-order valence-electron chi connectivity index (χ4n) is 3.80. The number of hydrogen-bond donors (Lipinski definition) is 1. The predicted octanol–water partition coefficient (Wildman–Crippen LogP) is 3.78. The molecule has 1 heterocycles. The molecule has 1 N–H and O–H groups in total. The van der Waals surface area contributed by atoms with Gasteiger partial charge in [0, 0.05) is 12.1 Å². The van der Waals surface area contributed by atoms with Gasteiger partial charge < -0.3 is 9.84 Å². The van der Waals surface area contributed by atoms with E-state index in [1.807, 2.05) is 0 Å². The molecule has 4 rings (SSSR count). The maximum atomic E-state index is 13.5. The number of aliphatic hydroxyl groups is 1. The van der Waals surface area contributed by atoms with Crippen molar-refractivity contribution >= 4 is 15.7 Å². The van der Waals surface area contributed by atoms with Crippen LogP contribution in [0.5, 0.6) is 5.75 Å². The van der Waals surface area contributed by atoms with E-state index in [0.717, 1.165) is 25.7 Å². The lowest BCUT2D eigenvalue weighted by Crippen LogP contribution is -2.36. The summed E-state index contributed by atoms with van der Waals surface area (Å²) >= 11 is 0. The highest BCUT2D eigenvalue weighted by molar-refractivity contribution is 7.92. The molecular formula is C20H22FNO4S. The number of benzene rings is 2. The standard InChI is InChI=1S/C20H22FNO4S/c21-14-5-10-19-18(13-14)20(23)11-12-22(19)27(24,25)17-8-6-16(7-9-17)26-15-3-1-2-4-15/h5-10,13,15,20,23H,1-4,11-12H2. The molecule has 0 amide bonds. The number of anilines is 1. The number of ether oxygens (including phenoxy) is 1. The normalized spacial score (nSPS) is 20.5. The number of sulfonamides is 1. The molecule has 1 saturated carbocycles. The fraction of sp³-hybridized carbons (Fsp3) is 0.400. The van der Waals surface area contributed by atoms with Gasteiger partial charge in [0.25, 0.3) is 10.0 Å². The van der Waals surface area contributed by atoms with Crippen molar-refractivity contribution in [2.45, 2.75) is 49.2 Å². The second-order valence-corrected chi connectivity index (χ2v) is 8.94. The van der Waals surface area contributed by atoms with Crippen molar-refractivity contribution in [2.75, 3.05) is 10.8 Å². The summed E-state index contributed by atoms with van der Waals surface area (Å²) < 4.78 is 46.9. The minimum atomic E-state index is -3.81. The van der Waals surface area contributed by atoms with Crippen molar-refractivity contribution in [3.05, 3.63) is 53.8 Å². The van der Waals surface area contributed by atoms with Gasteiger partial charge in [-0.25, -0.2) is 12.8 Å². The summed E-state index contributed by atoms with van der Waals surface area (Å²) in [6.07, 6.45) is 3.95. The summed E-state index contributed by atoms with van der Waals surface area (Å²) in [5.74, 6) is 0.165. The lowest BCUT2D eigenvalue weighted by Gasteiger charge is -2.33. The van der Waals surface area contributed by atoms with Crippen LogP contribution in [0.2, 0.25) is 0 Å². The van der Waals surface area contributed by atoms with E-state index in [-0.39, 0.29) is 24.0 Å². The molecule has 2 aliphatic rings. The highest BCUT2D eigenvalue weighted by Gasteiger charge is 2.32. The van der Waals surface area contributed by atoms with Crippen LogP contribution in [0.25, 0.3) is 0 Å². The van der Waals surface area contributed by atoms with Crippen molar-refractivity contribution in [1.82, 2.24) is 0 Å². The second kappa shape index (κ2) is 7.13. The SMILES string of the molecule is O=S(=O)(c1ccc(OC2CCCC2)cc1)N1CCC(O)c2cc(F)ccc21. The third-order valence-corrected chi connectivity index (χ3v) is 7.07. The lowest BCUT2D eigenvalue weighted by molar-refractivity contribution is 0.166. The molecule has 2 aromatic carbocycles. The average Bonchev–Trinajstić information content (AvgIpc) is 3.16. The largest absolute Gasteiger partial charge is 0.490 e. The molecule has 0 spiro atoms. The first kappa shape index (κ1) is 18.3. The summed E-state index contributed by atoms with van der Waals surface area (Å²) in [5.41, 5.74) is 0.618. The van der Waals surface area contributed by atoms with Crippen LogP contribution in [0.1, 0.15) is 43.8 Å². The molecule has 0 aromatic heterocycles. The average molecular weight is 391 g/mol. The molecule has 1 aliphatic carbocycles. The van der Waals surface area contributed by atoms with Gasteiger partial charge in [0.2, 0.25) is 0 Å². The molecule has 0 saturated heterocycles. The number of aliphatic hydroxyl groups excluding tert-OH is 1. The maximum absolute atomic E-state index is 13.5. The number of hydrogen-bond acceptors (Lipinski definition) is 4. The molecule has 0 radical (unpaired) electrons. The zero-order valence-electron chi connectivity index (χ0n) is 14.8. The summed E-state index contributed by atoms with van der Waals surface area (Å²) in [7, 11) is -3.81. The molecule has 7 heteroatoms. The van der Waals surface area contributed by atoms with Gasteiger partial charge in [0.15, 0.2) is 0 Å². The summed E-state index contributed by atoms with van der Waals surface area (Å²) in [6, 6.07) is 10.2. The van der Waals surface area contributed by atoms with Crippen LogP contribution in [0, 0.1) is 5.82 Å². The van der Waals surface area contributed by atoms with Gasteiger partial charge >= 0.3 is 0 Å². The van der Waals surface area contributed by atoms with Crippen LogP contribution in [-0.2, 0) is 10.0 Å². The maximum Gasteiger partial charge on any atom is 0.264 e. The highest BCUT2D eigenvalue weighted by atomic mass is 32.2. The highest BCUT2D eigenvalue weighted by Crippen LogP contribution is 2.37. The third-order valence-electron chi connectivity index (χ3n) is 5.24. The van der Waals surface area contributed by atoms with Gasteiger partial charge in [-0.1, -0.05) is 0 Å². The van der Waals surface area contributed by atoms with Crippen LogP contribution in [0.15, 0.2) is 47.4 Å². The number of halogens is 1. The van der Waals surface area contributed by atoms with Gasteiger partial charge in [-0.05, 0) is 74.6 Å². The van der Waals surface area contributed by atoms with Crippen molar-refractivity contribution in [3.63, 3.8) is 0 Å². The minimum Gasteiger partial charge on any atom is -0.490 e. The molecular weight excluding hydrogens is 369 g/mol. The summed E-state index contributed by atoms with van der Waals surface area (Å²) in [5, 5.41) is 10.1. The van der Waals surface area contributed by atoms with Gasteiger partial charge in [0.1, 0.15) is 11.6 Å². The lowest BCUT2D eigenvalue weighted by atomic mass is 10.0. The fourth-order valence-corrected chi connectivity index (χ4v) is 5.31. The molecule has 27 heavy (non-hydrogen) atoms. The van der Waals surface area contributed by atoms with E-state index in [4.69, 9.17) is 4.74 Å². The molecule has 0 bridgehead atoms. The molecule has 1 aliphatic heterocycles. The first-order chi connectivity index (χ1) is 12.9. The quantitative estimate of drug-likeness (QED) is 0.861. The Hall–Kier alpha value is -2.12. The smallest absolute Gasteiger partial charge is 0.264 e. The molecule has 1 unspecified atom stereocenters. The van der Waals surface area contributed by atoms with Gasteiger partial charge in [-0.15, -0.1) is 0 Å². The van der Waals surface area contributed by atoms with Crippen molar-refractivity contribution in [3.8, 4) is 5.75 Å². The van der Waals surface area contributed by atoms with Crippen molar-refractivity contribution in [2.24, 2.45) is 0 Å². The Labute approximate surface area is 158 Å². The Balaban J connectivity index is 1.61. The van der Waals surface area contributed by atoms with E-state index in [1.165, 1.54) is 34.6 Å². The Morgan fingerprint density at radius 1 is 1.04 bits per heavy atom. The number of fused-ring (bicyclic) bond motifs is 1. The molecule has 5 nitrogen and oxygen atoms in total. The van der Waals surface area contributed by atoms with E-state index in [2.05, 4.69) is 0 Å². The van der Waals surface area contributed by atoms with Crippen LogP contribution in [0.4, 0.5) is 10.1 Å². The molecule has 1 fully saturated rings. The van der Waals surface area contributed by atoms with E-state index in [0.29, 0.717) is 17.0 Å². The van der Waals surface area contributed by atoms with Crippen LogP contribution in [-0.4, -0.2) is 26.2 Å². The zero-order chi connectivity index (χ0) is 19.0. The van der Waals surface area contributed by atoms with Crippen LogP contribution >= 0.6 is 0 Å². The Bertz CT molecular complexity index is 923. The van der Waals surface area contributed by atoms with Gasteiger partial charge in [0.05, 0.1) is 22.8 Å². The summed E-state index contributed by atoms with van der Waals surface area (Å²) in [6.45, 7) is 0.141. The predicted molar refractivity (Wildman–Crippen MR) is 99.8 cm³/mol. The Morgan fingerprint density at radius 3 is 2.44 bits per heavy atom.